The first-order chi connectivity index (χ1) is 6.59. The summed E-state index contributed by atoms with van der Waals surface area (Å²) in [6.45, 7) is 8.47. The Labute approximate surface area is 88.9 Å². The molecule has 1 aliphatic heterocycles. The first-order valence-corrected chi connectivity index (χ1v) is 6.36. The Balaban J connectivity index is 2.09. The third-order valence-corrected chi connectivity index (χ3v) is 4.10. The standard InChI is InChI=1S/C13H25N/c1-13(2,3)14-10-6-8-11-7-4-5-9-12(11)14/h11-12H,4-10H2,1-3H3. The van der Waals surface area contributed by atoms with Gasteiger partial charge in [-0.3, -0.25) is 4.90 Å². The lowest BCUT2D eigenvalue weighted by molar-refractivity contribution is -0.00454. The van der Waals surface area contributed by atoms with Gasteiger partial charge in [0.15, 0.2) is 0 Å². The number of fused-ring (bicyclic) bond motifs is 1. The van der Waals surface area contributed by atoms with Gasteiger partial charge in [-0.15, -0.1) is 0 Å². The Morgan fingerprint density at radius 1 is 0.929 bits per heavy atom. The van der Waals surface area contributed by atoms with Crippen LogP contribution in [-0.4, -0.2) is 23.0 Å². The first-order valence-electron chi connectivity index (χ1n) is 6.36. The molecule has 1 saturated carbocycles. The van der Waals surface area contributed by atoms with Gasteiger partial charge in [0.2, 0.25) is 0 Å². The van der Waals surface area contributed by atoms with E-state index in [1.165, 1.54) is 45.1 Å². The highest BCUT2D eigenvalue weighted by Gasteiger charge is 2.37. The zero-order valence-corrected chi connectivity index (χ0v) is 10.1. The monoisotopic (exact) mass is 195 g/mol. The highest BCUT2D eigenvalue weighted by molar-refractivity contribution is 4.92. The van der Waals surface area contributed by atoms with Crippen LogP contribution < -0.4 is 0 Å². The fraction of sp³-hybridized carbons (Fsp3) is 1.00. The van der Waals surface area contributed by atoms with Crippen molar-refractivity contribution >= 4 is 0 Å². The Bertz CT molecular complexity index is 190. The fourth-order valence-electron chi connectivity index (χ4n) is 3.46. The Morgan fingerprint density at radius 2 is 1.57 bits per heavy atom. The molecule has 0 aromatic heterocycles. The molecule has 0 radical (unpaired) electrons. The van der Waals surface area contributed by atoms with Gasteiger partial charge in [0, 0.05) is 11.6 Å². The summed E-state index contributed by atoms with van der Waals surface area (Å²) in [5, 5.41) is 0. The lowest BCUT2D eigenvalue weighted by Crippen LogP contribution is -2.54. The Morgan fingerprint density at radius 3 is 2.29 bits per heavy atom. The van der Waals surface area contributed by atoms with Gasteiger partial charge >= 0.3 is 0 Å². The molecule has 2 fully saturated rings. The Hall–Kier alpha value is -0.0400. The van der Waals surface area contributed by atoms with Crippen LogP contribution in [0.25, 0.3) is 0 Å². The average Bonchev–Trinajstić information content (AvgIpc) is 2.15. The first kappa shape index (κ1) is 10.5. The number of hydrogen-bond acceptors (Lipinski definition) is 1. The third kappa shape index (κ3) is 1.98. The van der Waals surface area contributed by atoms with Crippen molar-refractivity contribution in [2.45, 2.75) is 70.9 Å². The van der Waals surface area contributed by atoms with E-state index >= 15 is 0 Å². The highest BCUT2D eigenvalue weighted by atomic mass is 15.2. The van der Waals surface area contributed by atoms with E-state index in [2.05, 4.69) is 25.7 Å². The molecule has 2 atom stereocenters. The maximum atomic E-state index is 2.78. The van der Waals surface area contributed by atoms with Crippen molar-refractivity contribution < 1.29 is 0 Å². The summed E-state index contributed by atoms with van der Waals surface area (Å²) in [6.07, 6.45) is 8.84. The lowest BCUT2D eigenvalue weighted by Gasteiger charge is -2.50. The summed E-state index contributed by atoms with van der Waals surface area (Å²) < 4.78 is 0. The summed E-state index contributed by atoms with van der Waals surface area (Å²) in [6, 6.07) is 0.914. The molecule has 0 aromatic carbocycles. The molecule has 0 N–H and O–H groups in total. The smallest absolute Gasteiger partial charge is 0.0129 e. The van der Waals surface area contributed by atoms with Gasteiger partial charge in [-0.1, -0.05) is 12.8 Å². The van der Waals surface area contributed by atoms with Crippen LogP contribution in [0.3, 0.4) is 0 Å². The van der Waals surface area contributed by atoms with Gasteiger partial charge in [0.25, 0.3) is 0 Å². The van der Waals surface area contributed by atoms with Gasteiger partial charge in [-0.25, -0.2) is 0 Å². The van der Waals surface area contributed by atoms with Crippen LogP contribution >= 0.6 is 0 Å². The van der Waals surface area contributed by atoms with Crippen molar-refractivity contribution in [1.82, 2.24) is 4.90 Å². The molecule has 2 aliphatic rings. The fourth-order valence-corrected chi connectivity index (χ4v) is 3.46. The molecule has 1 saturated heterocycles. The van der Waals surface area contributed by atoms with Gasteiger partial charge in [-0.05, 0) is 58.9 Å². The molecule has 2 unspecified atom stereocenters. The summed E-state index contributed by atoms with van der Waals surface area (Å²) in [5.74, 6) is 1.02. The number of hydrogen-bond donors (Lipinski definition) is 0. The van der Waals surface area contributed by atoms with Crippen LogP contribution in [0.2, 0.25) is 0 Å². The van der Waals surface area contributed by atoms with Crippen molar-refractivity contribution in [3.05, 3.63) is 0 Å². The quantitative estimate of drug-likeness (QED) is 0.572. The van der Waals surface area contributed by atoms with Crippen molar-refractivity contribution in [2.75, 3.05) is 6.54 Å². The Kier molecular flexibility index (Phi) is 2.88. The third-order valence-electron chi connectivity index (χ3n) is 4.10. The van der Waals surface area contributed by atoms with Crippen LogP contribution in [0.1, 0.15) is 59.3 Å². The van der Waals surface area contributed by atoms with Crippen molar-refractivity contribution in [3.8, 4) is 0 Å². The maximum Gasteiger partial charge on any atom is 0.0129 e. The molecule has 1 heteroatoms. The minimum absolute atomic E-state index is 0.390. The van der Waals surface area contributed by atoms with Gasteiger partial charge in [-0.2, -0.15) is 0 Å². The van der Waals surface area contributed by atoms with Crippen LogP contribution in [0.4, 0.5) is 0 Å². The van der Waals surface area contributed by atoms with Crippen LogP contribution in [0.15, 0.2) is 0 Å². The second-order valence-corrected chi connectivity index (χ2v) is 6.12. The van der Waals surface area contributed by atoms with Crippen LogP contribution in [0.5, 0.6) is 0 Å². The molecule has 82 valence electrons. The van der Waals surface area contributed by atoms with E-state index in [1.54, 1.807) is 0 Å². The summed E-state index contributed by atoms with van der Waals surface area (Å²) >= 11 is 0. The van der Waals surface area contributed by atoms with Gasteiger partial charge in [0.05, 0.1) is 0 Å². The normalized spacial score (nSPS) is 35.4. The second-order valence-electron chi connectivity index (χ2n) is 6.12. The molecule has 14 heavy (non-hydrogen) atoms. The van der Waals surface area contributed by atoms with E-state index in [4.69, 9.17) is 0 Å². The van der Waals surface area contributed by atoms with Gasteiger partial charge in [0.1, 0.15) is 0 Å². The molecule has 2 rings (SSSR count). The molecule has 1 nitrogen and oxygen atoms in total. The SMILES string of the molecule is CC(C)(C)N1CCCC2CCCCC21. The minimum atomic E-state index is 0.390. The topological polar surface area (TPSA) is 3.24 Å². The van der Waals surface area contributed by atoms with E-state index in [0.717, 1.165) is 12.0 Å². The number of likely N-dealkylation sites (tertiary alicyclic amines) is 1. The van der Waals surface area contributed by atoms with Crippen molar-refractivity contribution in [2.24, 2.45) is 5.92 Å². The lowest BCUT2D eigenvalue weighted by atomic mass is 9.76. The largest absolute Gasteiger partial charge is 0.295 e. The van der Waals surface area contributed by atoms with Crippen molar-refractivity contribution in [1.29, 1.82) is 0 Å². The molecule has 0 amide bonds. The second kappa shape index (κ2) is 3.84. The van der Waals surface area contributed by atoms with Crippen LogP contribution in [0, 0.1) is 5.92 Å². The average molecular weight is 195 g/mol. The number of rotatable bonds is 0. The van der Waals surface area contributed by atoms with Crippen LogP contribution in [-0.2, 0) is 0 Å². The number of piperidine rings is 1. The molecular weight excluding hydrogens is 170 g/mol. The zero-order chi connectivity index (χ0) is 10.2. The predicted octanol–water partition coefficient (Wildman–Crippen LogP) is 3.44. The number of nitrogens with zero attached hydrogens (tertiary/aromatic N) is 1. The van der Waals surface area contributed by atoms with Crippen molar-refractivity contribution in [3.63, 3.8) is 0 Å². The molecule has 1 aliphatic carbocycles. The van der Waals surface area contributed by atoms with E-state index in [1.807, 2.05) is 0 Å². The molecular formula is C13H25N. The molecule has 1 heterocycles. The van der Waals surface area contributed by atoms with Gasteiger partial charge < -0.3 is 0 Å². The summed E-state index contributed by atoms with van der Waals surface area (Å²) in [7, 11) is 0. The van der Waals surface area contributed by atoms with E-state index in [0.29, 0.717) is 5.54 Å². The minimum Gasteiger partial charge on any atom is -0.295 e. The van der Waals surface area contributed by atoms with E-state index in [9.17, 15) is 0 Å². The molecule has 0 spiro atoms. The molecule has 0 aromatic rings. The zero-order valence-electron chi connectivity index (χ0n) is 10.1. The van der Waals surface area contributed by atoms with E-state index < -0.39 is 0 Å². The molecule has 0 bridgehead atoms. The highest BCUT2D eigenvalue weighted by Crippen LogP contribution is 2.38. The summed E-state index contributed by atoms with van der Waals surface area (Å²) in [4.78, 5) is 2.78. The van der Waals surface area contributed by atoms with E-state index in [-0.39, 0.29) is 0 Å². The predicted molar refractivity (Wildman–Crippen MR) is 61.4 cm³/mol. The summed E-state index contributed by atoms with van der Waals surface area (Å²) in [5.41, 5.74) is 0.390. The maximum absolute atomic E-state index is 2.78.